The van der Waals surface area contributed by atoms with Gasteiger partial charge in [-0.25, -0.2) is 19.5 Å². The van der Waals surface area contributed by atoms with Crippen molar-refractivity contribution < 1.29 is 9.53 Å². The standard InChI is InChI=1S/C17H29N5O2/c1-17(2,3)22-15(18)11-14(19-22)12-6-7-13(10-12)24-16(23)21-9-5-8-20(21)4/h11-13H,5-10,18H2,1-4H3/t12-,13+/m0/s1. The van der Waals surface area contributed by atoms with Crippen LogP contribution in [0, 0.1) is 0 Å². The van der Waals surface area contributed by atoms with Crippen molar-refractivity contribution in [2.24, 2.45) is 0 Å². The number of nitrogen functional groups attached to an aromatic ring is 1. The Balaban J connectivity index is 1.60. The van der Waals surface area contributed by atoms with E-state index in [9.17, 15) is 4.79 Å². The fraction of sp³-hybridized carbons (Fsp3) is 0.765. The van der Waals surface area contributed by atoms with Gasteiger partial charge < -0.3 is 10.5 Å². The van der Waals surface area contributed by atoms with Crippen molar-refractivity contribution in [3.8, 4) is 0 Å². The average Bonchev–Trinajstić information content (AvgIpc) is 3.17. The van der Waals surface area contributed by atoms with Crippen molar-refractivity contribution in [2.45, 2.75) is 64.0 Å². The van der Waals surface area contributed by atoms with Gasteiger partial charge >= 0.3 is 6.09 Å². The van der Waals surface area contributed by atoms with Crippen molar-refractivity contribution >= 4 is 11.9 Å². The van der Waals surface area contributed by atoms with Gasteiger partial charge in [0, 0.05) is 32.1 Å². The van der Waals surface area contributed by atoms with Crippen molar-refractivity contribution in [1.29, 1.82) is 0 Å². The number of carbonyl (C=O) groups is 1. The van der Waals surface area contributed by atoms with Gasteiger partial charge in [-0.05, 0) is 46.5 Å². The number of amides is 1. The second-order valence-corrected chi connectivity index (χ2v) is 7.95. The highest BCUT2D eigenvalue weighted by molar-refractivity contribution is 5.67. The Labute approximate surface area is 143 Å². The number of nitrogens with zero attached hydrogens (tertiary/aromatic N) is 4. The van der Waals surface area contributed by atoms with E-state index in [-0.39, 0.29) is 17.7 Å². The monoisotopic (exact) mass is 335 g/mol. The molecule has 0 unspecified atom stereocenters. The van der Waals surface area contributed by atoms with Gasteiger partial charge in [-0.15, -0.1) is 0 Å². The molecular formula is C17H29N5O2. The van der Waals surface area contributed by atoms with Gasteiger partial charge in [0.25, 0.3) is 0 Å². The molecule has 1 aromatic heterocycles. The van der Waals surface area contributed by atoms with Crippen molar-refractivity contribution in [3.05, 3.63) is 11.8 Å². The van der Waals surface area contributed by atoms with Gasteiger partial charge in [-0.3, -0.25) is 0 Å². The highest BCUT2D eigenvalue weighted by Gasteiger charge is 2.34. The van der Waals surface area contributed by atoms with Crippen LogP contribution in [0.15, 0.2) is 6.07 Å². The molecule has 2 atom stereocenters. The van der Waals surface area contributed by atoms with Crippen LogP contribution >= 0.6 is 0 Å². The predicted molar refractivity (Wildman–Crippen MR) is 92.4 cm³/mol. The first-order chi connectivity index (χ1) is 11.3. The van der Waals surface area contributed by atoms with E-state index < -0.39 is 0 Å². The van der Waals surface area contributed by atoms with E-state index in [1.165, 1.54) is 0 Å². The summed E-state index contributed by atoms with van der Waals surface area (Å²) in [5, 5.41) is 8.32. The summed E-state index contributed by atoms with van der Waals surface area (Å²) < 4.78 is 7.58. The molecule has 2 fully saturated rings. The second-order valence-electron chi connectivity index (χ2n) is 7.95. The van der Waals surface area contributed by atoms with Gasteiger partial charge in [-0.1, -0.05) is 0 Å². The summed E-state index contributed by atoms with van der Waals surface area (Å²) in [5.74, 6) is 1.00. The Morgan fingerprint density at radius 2 is 2.08 bits per heavy atom. The average molecular weight is 335 g/mol. The second kappa shape index (κ2) is 6.27. The summed E-state index contributed by atoms with van der Waals surface area (Å²) >= 11 is 0. The number of aromatic nitrogens is 2. The topological polar surface area (TPSA) is 76.6 Å². The lowest BCUT2D eigenvalue weighted by atomic mass is 10.0. The third-order valence-electron chi connectivity index (χ3n) is 4.94. The van der Waals surface area contributed by atoms with E-state index in [0.29, 0.717) is 11.7 Å². The van der Waals surface area contributed by atoms with E-state index in [4.69, 9.17) is 15.6 Å². The zero-order valence-corrected chi connectivity index (χ0v) is 15.2. The number of hydrogen-bond donors (Lipinski definition) is 1. The quantitative estimate of drug-likeness (QED) is 0.899. The molecule has 134 valence electrons. The Hall–Kier alpha value is -1.76. The molecule has 2 aliphatic rings. The zero-order chi connectivity index (χ0) is 17.5. The normalized spacial score (nSPS) is 25.4. The maximum Gasteiger partial charge on any atom is 0.424 e. The zero-order valence-electron chi connectivity index (χ0n) is 15.2. The lowest BCUT2D eigenvalue weighted by Crippen LogP contribution is -2.40. The van der Waals surface area contributed by atoms with E-state index in [1.54, 1.807) is 5.01 Å². The van der Waals surface area contributed by atoms with Crippen molar-refractivity contribution in [1.82, 2.24) is 19.8 Å². The van der Waals surface area contributed by atoms with Crippen LogP contribution in [0.5, 0.6) is 0 Å². The number of ether oxygens (including phenoxy) is 1. The molecule has 1 amide bonds. The minimum absolute atomic E-state index is 0.0301. The van der Waals surface area contributed by atoms with Gasteiger partial charge in [0.2, 0.25) is 0 Å². The summed E-state index contributed by atoms with van der Waals surface area (Å²) in [7, 11) is 1.92. The molecule has 1 aliphatic carbocycles. The lowest BCUT2D eigenvalue weighted by Gasteiger charge is -2.25. The molecule has 2 heterocycles. The molecule has 0 bridgehead atoms. The molecule has 2 N–H and O–H groups in total. The smallest absolute Gasteiger partial charge is 0.424 e. The highest BCUT2D eigenvalue weighted by Crippen LogP contribution is 2.37. The molecule has 0 aromatic carbocycles. The van der Waals surface area contributed by atoms with Crippen LogP contribution < -0.4 is 5.73 Å². The van der Waals surface area contributed by atoms with Crippen LogP contribution in [-0.2, 0) is 10.3 Å². The summed E-state index contributed by atoms with van der Waals surface area (Å²) in [5.41, 5.74) is 6.99. The minimum Gasteiger partial charge on any atom is -0.445 e. The fourth-order valence-electron chi connectivity index (χ4n) is 3.64. The first kappa shape index (κ1) is 17.1. The number of nitrogens with two attached hydrogens (primary N) is 1. The Morgan fingerprint density at radius 1 is 1.33 bits per heavy atom. The van der Waals surface area contributed by atoms with Gasteiger partial charge in [0.15, 0.2) is 0 Å². The summed E-state index contributed by atoms with van der Waals surface area (Å²) in [6.07, 6.45) is 3.44. The van der Waals surface area contributed by atoms with Gasteiger partial charge in [0.1, 0.15) is 11.9 Å². The van der Waals surface area contributed by atoms with Crippen LogP contribution in [0.2, 0.25) is 0 Å². The molecule has 0 spiro atoms. The van der Waals surface area contributed by atoms with Crippen LogP contribution in [0.1, 0.15) is 58.1 Å². The molecule has 7 nitrogen and oxygen atoms in total. The fourth-order valence-corrected chi connectivity index (χ4v) is 3.64. The molecule has 7 heteroatoms. The van der Waals surface area contributed by atoms with E-state index in [2.05, 4.69) is 20.8 Å². The number of carbonyl (C=O) groups excluding carboxylic acids is 1. The van der Waals surface area contributed by atoms with Gasteiger partial charge in [-0.2, -0.15) is 5.10 Å². The Morgan fingerprint density at radius 3 is 2.67 bits per heavy atom. The van der Waals surface area contributed by atoms with Crippen molar-refractivity contribution in [2.75, 3.05) is 25.9 Å². The molecule has 3 rings (SSSR count). The van der Waals surface area contributed by atoms with Crippen LogP contribution in [0.4, 0.5) is 10.6 Å². The molecule has 0 radical (unpaired) electrons. The van der Waals surface area contributed by atoms with E-state index in [1.807, 2.05) is 22.8 Å². The summed E-state index contributed by atoms with van der Waals surface area (Å²) in [4.78, 5) is 12.3. The van der Waals surface area contributed by atoms with Crippen LogP contribution in [0.3, 0.4) is 0 Å². The maximum absolute atomic E-state index is 12.3. The summed E-state index contributed by atoms with van der Waals surface area (Å²) in [6.45, 7) is 7.92. The third kappa shape index (κ3) is 3.36. The summed E-state index contributed by atoms with van der Waals surface area (Å²) in [6, 6.07) is 1.97. The highest BCUT2D eigenvalue weighted by atomic mass is 16.6. The lowest BCUT2D eigenvalue weighted by molar-refractivity contribution is 0.00895. The number of anilines is 1. The Kier molecular flexibility index (Phi) is 4.46. The third-order valence-corrected chi connectivity index (χ3v) is 4.94. The molecule has 24 heavy (non-hydrogen) atoms. The number of hydrazine groups is 1. The Bertz CT molecular complexity index is 607. The maximum atomic E-state index is 12.3. The first-order valence-corrected chi connectivity index (χ1v) is 8.81. The first-order valence-electron chi connectivity index (χ1n) is 8.81. The number of rotatable bonds is 2. The molecule has 1 aliphatic heterocycles. The van der Waals surface area contributed by atoms with Gasteiger partial charge in [0.05, 0.1) is 11.2 Å². The van der Waals surface area contributed by atoms with Crippen LogP contribution in [0.25, 0.3) is 0 Å². The van der Waals surface area contributed by atoms with E-state index in [0.717, 1.165) is 44.5 Å². The number of hydrogen-bond acceptors (Lipinski definition) is 5. The van der Waals surface area contributed by atoms with Crippen molar-refractivity contribution in [3.63, 3.8) is 0 Å². The largest absolute Gasteiger partial charge is 0.445 e. The molecule has 1 saturated heterocycles. The SMILES string of the molecule is CN1CCCN1C(=O)O[C@@H]1CC[C@H](c2cc(N)n(C(C)(C)C)n2)C1. The van der Waals surface area contributed by atoms with E-state index >= 15 is 0 Å². The predicted octanol–water partition coefficient (Wildman–Crippen LogP) is 2.55. The molecular weight excluding hydrogens is 306 g/mol. The molecule has 1 saturated carbocycles. The molecule has 1 aromatic rings. The minimum atomic E-state index is -0.222. The van der Waals surface area contributed by atoms with Crippen LogP contribution in [-0.4, -0.2) is 52.1 Å².